The predicted octanol–water partition coefficient (Wildman–Crippen LogP) is 3.04. The topological polar surface area (TPSA) is 54.5 Å². The van der Waals surface area contributed by atoms with Gasteiger partial charge in [0.2, 0.25) is 0 Å². The SMILES string of the molecule is Cc1ccc(-c2nnc(SCC(C)C#N)n2C)cc1. The van der Waals surface area contributed by atoms with Gasteiger partial charge in [-0.3, -0.25) is 0 Å². The lowest BCUT2D eigenvalue weighted by atomic mass is 10.1. The Balaban J connectivity index is 2.18. The molecule has 0 radical (unpaired) electrons. The third-order valence-electron chi connectivity index (χ3n) is 2.83. The van der Waals surface area contributed by atoms with Crippen LogP contribution >= 0.6 is 11.8 Å². The molecule has 0 aliphatic heterocycles. The summed E-state index contributed by atoms with van der Waals surface area (Å²) in [5.74, 6) is 1.60. The summed E-state index contributed by atoms with van der Waals surface area (Å²) in [5, 5.41) is 18.0. The van der Waals surface area contributed by atoms with Gasteiger partial charge in [0.1, 0.15) is 0 Å². The van der Waals surface area contributed by atoms with Crippen LogP contribution in [0.15, 0.2) is 29.4 Å². The van der Waals surface area contributed by atoms with Gasteiger partial charge in [0.25, 0.3) is 0 Å². The van der Waals surface area contributed by atoms with E-state index >= 15 is 0 Å². The van der Waals surface area contributed by atoms with Gasteiger partial charge in [0.05, 0.1) is 12.0 Å². The highest BCUT2D eigenvalue weighted by atomic mass is 32.2. The molecule has 1 unspecified atom stereocenters. The van der Waals surface area contributed by atoms with E-state index in [-0.39, 0.29) is 5.92 Å². The molecule has 0 aliphatic carbocycles. The quantitative estimate of drug-likeness (QED) is 0.803. The van der Waals surface area contributed by atoms with Gasteiger partial charge in [-0.25, -0.2) is 0 Å². The maximum Gasteiger partial charge on any atom is 0.191 e. The van der Waals surface area contributed by atoms with Crippen LogP contribution < -0.4 is 0 Å². The first-order chi connectivity index (χ1) is 9.11. The van der Waals surface area contributed by atoms with E-state index in [0.717, 1.165) is 22.3 Å². The number of benzene rings is 1. The van der Waals surface area contributed by atoms with Crippen LogP contribution in [0.4, 0.5) is 0 Å². The van der Waals surface area contributed by atoms with Crippen molar-refractivity contribution in [2.24, 2.45) is 13.0 Å². The average Bonchev–Trinajstić information content (AvgIpc) is 2.78. The van der Waals surface area contributed by atoms with Crippen molar-refractivity contribution >= 4 is 11.8 Å². The normalized spacial score (nSPS) is 12.1. The minimum Gasteiger partial charge on any atom is -0.305 e. The third-order valence-corrected chi connectivity index (χ3v) is 4.11. The lowest BCUT2D eigenvalue weighted by Gasteiger charge is -2.04. The lowest BCUT2D eigenvalue weighted by Crippen LogP contribution is -1.98. The van der Waals surface area contributed by atoms with Crippen LogP contribution in [0.1, 0.15) is 12.5 Å². The maximum atomic E-state index is 8.79. The Bertz CT molecular complexity index is 595. The fourth-order valence-electron chi connectivity index (χ4n) is 1.63. The second-order valence-corrected chi connectivity index (χ2v) is 5.56. The summed E-state index contributed by atoms with van der Waals surface area (Å²) < 4.78 is 1.97. The van der Waals surface area contributed by atoms with E-state index in [4.69, 9.17) is 5.26 Å². The molecule has 0 spiro atoms. The van der Waals surface area contributed by atoms with Gasteiger partial charge in [-0.2, -0.15) is 5.26 Å². The molecule has 0 amide bonds. The first-order valence-corrected chi connectivity index (χ1v) is 7.09. The molecule has 4 nitrogen and oxygen atoms in total. The monoisotopic (exact) mass is 272 g/mol. The summed E-state index contributed by atoms with van der Waals surface area (Å²) in [7, 11) is 1.95. The van der Waals surface area contributed by atoms with Crippen molar-refractivity contribution in [3.63, 3.8) is 0 Å². The van der Waals surface area contributed by atoms with Crippen LogP contribution in [0.5, 0.6) is 0 Å². The number of hydrogen-bond donors (Lipinski definition) is 0. The molecular weight excluding hydrogens is 256 g/mol. The van der Waals surface area contributed by atoms with E-state index < -0.39 is 0 Å². The molecule has 2 aromatic rings. The number of aromatic nitrogens is 3. The van der Waals surface area contributed by atoms with Gasteiger partial charge < -0.3 is 4.57 Å². The van der Waals surface area contributed by atoms with Crippen molar-refractivity contribution < 1.29 is 0 Å². The van der Waals surface area contributed by atoms with Gasteiger partial charge in [0, 0.05) is 18.4 Å². The van der Waals surface area contributed by atoms with Gasteiger partial charge in [-0.15, -0.1) is 10.2 Å². The van der Waals surface area contributed by atoms with Crippen LogP contribution in [0, 0.1) is 24.2 Å². The largest absolute Gasteiger partial charge is 0.305 e. The standard InChI is InChI=1S/C14H16N4S/c1-10-4-6-12(7-5-10)13-16-17-14(18(13)3)19-9-11(2)8-15/h4-7,11H,9H2,1-3H3. The highest BCUT2D eigenvalue weighted by molar-refractivity contribution is 7.99. The first-order valence-electron chi connectivity index (χ1n) is 6.10. The molecule has 5 heteroatoms. The van der Waals surface area contributed by atoms with E-state index in [1.807, 2.05) is 30.7 Å². The molecule has 0 fully saturated rings. The van der Waals surface area contributed by atoms with Gasteiger partial charge >= 0.3 is 0 Å². The Morgan fingerprint density at radius 3 is 2.63 bits per heavy atom. The average molecular weight is 272 g/mol. The maximum absolute atomic E-state index is 8.79. The number of aryl methyl sites for hydroxylation is 1. The Labute approximate surface area is 117 Å². The molecular formula is C14H16N4S. The predicted molar refractivity (Wildman–Crippen MR) is 76.7 cm³/mol. The fraction of sp³-hybridized carbons (Fsp3) is 0.357. The molecule has 2 rings (SSSR count). The van der Waals surface area contributed by atoms with E-state index in [2.05, 4.69) is 35.3 Å². The van der Waals surface area contributed by atoms with Crippen molar-refractivity contribution in [2.75, 3.05) is 5.75 Å². The fourth-order valence-corrected chi connectivity index (χ4v) is 2.48. The van der Waals surface area contributed by atoms with Crippen LogP contribution in [0.3, 0.4) is 0 Å². The molecule has 0 aliphatic rings. The summed E-state index contributed by atoms with van der Waals surface area (Å²) in [6, 6.07) is 10.4. The zero-order chi connectivity index (χ0) is 13.8. The second-order valence-electron chi connectivity index (χ2n) is 4.57. The smallest absolute Gasteiger partial charge is 0.191 e. The van der Waals surface area contributed by atoms with Gasteiger partial charge in [0.15, 0.2) is 11.0 Å². The number of thioether (sulfide) groups is 1. The van der Waals surface area contributed by atoms with Gasteiger partial charge in [-0.1, -0.05) is 41.6 Å². The van der Waals surface area contributed by atoms with E-state index in [9.17, 15) is 0 Å². The lowest BCUT2D eigenvalue weighted by molar-refractivity contribution is 0.786. The van der Waals surface area contributed by atoms with E-state index in [1.165, 1.54) is 5.56 Å². The number of nitrogens with zero attached hydrogens (tertiary/aromatic N) is 4. The highest BCUT2D eigenvalue weighted by Gasteiger charge is 2.12. The Kier molecular flexibility index (Phi) is 4.23. The molecule has 0 saturated heterocycles. The summed E-state index contributed by atoms with van der Waals surface area (Å²) in [5.41, 5.74) is 2.28. The van der Waals surface area contributed by atoms with E-state index in [0.29, 0.717) is 0 Å². The summed E-state index contributed by atoms with van der Waals surface area (Å²) in [4.78, 5) is 0. The molecule has 1 atom stereocenters. The molecule has 98 valence electrons. The summed E-state index contributed by atoms with van der Waals surface area (Å²) >= 11 is 1.57. The van der Waals surface area contributed by atoms with Crippen LogP contribution in [0.2, 0.25) is 0 Å². The Morgan fingerprint density at radius 1 is 1.32 bits per heavy atom. The minimum absolute atomic E-state index is 0.0181. The van der Waals surface area contributed by atoms with Crippen LogP contribution in [0.25, 0.3) is 11.4 Å². The number of nitriles is 1. The zero-order valence-electron chi connectivity index (χ0n) is 11.3. The Morgan fingerprint density at radius 2 is 2.00 bits per heavy atom. The first kappa shape index (κ1) is 13.6. The minimum atomic E-state index is 0.0181. The van der Waals surface area contributed by atoms with Crippen molar-refractivity contribution in [1.82, 2.24) is 14.8 Å². The van der Waals surface area contributed by atoms with Gasteiger partial charge in [-0.05, 0) is 13.8 Å². The van der Waals surface area contributed by atoms with E-state index in [1.54, 1.807) is 11.8 Å². The van der Waals surface area contributed by atoms with Crippen LogP contribution in [-0.4, -0.2) is 20.5 Å². The third kappa shape index (κ3) is 3.15. The number of hydrogen-bond acceptors (Lipinski definition) is 4. The summed E-state index contributed by atoms with van der Waals surface area (Å²) in [6.45, 7) is 3.97. The molecule has 1 aromatic heterocycles. The molecule has 0 saturated carbocycles. The second kappa shape index (κ2) is 5.89. The molecule has 1 aromatic carbocycles. The molecule has 0 N–H and O–H groups in total. The molecule has 19 heavy (non-hydrogen) atoms. The van der Waals surface area contributed by atoms with Crippen molar-refractivity contribution in [3.8, 4) is 17.5 Å². The summed E-state index contributed by atoms with van der Waals surface area (Å²) in [6.07, 6.45) is 0. The van der Waals surface area contributed by atoms with Crippen LogP contribution in [-0.2, 0) is 7.05 Å². The zero-order valence-corrected chi connectivity index (χ0v) is 12.1. The van der Waals surface area contributed by atoms with Crippen molar-refractivity contribution in [1.29, 1.82) is 5.26 Å². The highest BCUT2D eigenvalue weighted by Crippen LogP contribution is 2.24. The molecule has 0 bridgehead atoms. The molecule has 1 heterocycles. The number of rotatable bonds is 4. The van der Waals surface area contributed by atoms with Crippen molar-refractivity contribution in [3.05, 3.63) is 29.8 Å². The van der Waals surface area contributed by atoms with Crippen molar-refractivity contribution in [2.45, 2.75) is 19.0 Å². The Hall–Kier alpha value is -1.80.